The number of hydrogen-bond donors (Lipinski definition) is 0. The molecule has 3 nitrogen and oxygen atoms in total. The van der Waals surface area contributed by atoms with Gasteiger partial charge in [-0.3, -0.25) is 0 Å². The summed E-state index contributed by atoms with van der Waals surface area (Å²) in [5.41, 5.74) is 3.83. The average Bonchev–Trinajstić information content (AvgIpc) is 2.46. The standard InChI is InChI=1S/C21H32NO2.BrH/c1-18(2)10-9-11-19(3)14-15-24-21(23)17-22(4,5)16-20-12-7-6-8-13-20;/h6-8,10,12-14H,9,11,15-17H2,1-5H3;1H/q+1;/p-1. The van der Waals surface area contributed by atoms with Gasteiger partial charge in [0.05, 0.1) is 14.1 Å². The molecule has 0 N–H and O–H groups in total. The molecule has 0 fully saturated rings. The van der Waals surface area contributed by atoms with Gasteiger partial charge in [0, 0.05) is 5.56 Å². The minimum absolute atomic E-state index is 0. The number of allylic oxidation sites excluding steroid dienone is 3. The molecule has 0 radical (unpaired) electrons. The molecule has 0 aromatic heterocycles. The Morgan fingerprint density at radius 3 is 2.32 bits per heavy atom. The van der Waals surface area contributed by atoms with Crippen molar-refractivity contribution in [2.75, 3.05) is 27.2 Å². The maximum Gasteiger partial charge on any atom is 0.362 e. The number of halogens is 1. The maximum absolute atomic E-state index is 12.1. The van der Waals surface area contributed by atoms with E-state index in [-0.39, 0.29) is 23.0 Å². The third-order valence-electron chi connectivity index (χ3n) is 3.78. The zero-order chi connectivity index (χ0) is 18.0. The van der Waals surface area contributed by atoms with Crippen molar-refractivity contribution in [2.45, 2.75) is 40.2 Å². The van der Waals surface area contributed by atoms with Crippen LogP contribution in [-0.4, -0.2) is 37.7 Å². The first-order valence-corrected chi connectivity index (χ1v) is 8.59. The van der Waals surface area contributed by atoms with E-state index in [0.717, 1.165) is 19.4 Å². The first kappa shape index (κ1) is 23.6. The summed E-state index contributed by atoms with van der Waals surface area (Å²) in [5, 5.41) is 0. The summed E-state index contributed by atoms with van der Waals surface area (Å²) in [6.07, 6.45) is 6.29. The third kappa shape index (κ3) is 11.7. The van der Waals surface area contributed by atoms with Crippen LogP contribution in [0.1, 0.15) is 39.2 Å². The fourth-order valence-corrected chi connectivity index (χ4v) is 2.50. The Morgan fingerprint density at radius 2 is 1.72 bits per heavy atom. The van der Waals surface area contributed by atoms with Gasteiger partial charge in [0.2, 0.25) is 0 Å². The molecule has 0 aliphatic rings. The summed E-state index contributed by atoms with van der Waals surface area (Å²) >= 11 is 0. The largest absolute Gasteiger partial charge is 1.00 e. The highest BCUT2D eigenvalue weighted by Gasteiger charge is 2.21. The van der Waals surface area contributed by atoms with Crippen LogP contribution >= 0.6 is 0 Å². The van der Waals surface area contributed by atoms with Gasteiger partial charge in [0.15, 0.2) is 6.54 Å². The third-order valence-corrected chi connectivity index (χ3v) is 3.78. The quantitative estimate of drug-likeness (QED) is 0.351. The number of benzene rings is 1. The molecule has 140 valence electrons. The van der Waals surface area contributed by atoms with E-state index in [1.165, 1.54) is 16.7 Å². The van der Waals surface area contributed by atoms with Crippen LogP contribution in [0.25, 0.3) is 0 Å². The van der Waals surface area contributed by atoms with Crippen molar-refractivity contribution in [2.24, 2.45) is 0 Å². The number of esters is 1. The molecule has 0 atom stereocenters. The van der Waals surface area contributed by atoms with Crippen LogP contribution < -0.4 is 17.0 Å². The van der Waals surface area contributed by atoms with Crippen molar-refractivity contribution in [3.05, 3.63) is 59.2 Å². The number of rotatable bonds is 9. The Labute approximate surface area is 163 Å². The van der Waals surface area contributed by atoms with Gasteiger partial charge in [-0.1, -0.05) is 47.6 Å². The Morgan fingerprint density at radius 1 is 1.08 bits per heavy atom. The number of carbonyl (C=O) groups excluding carboxylic acids is 1. The zero-order valence-corrected chi connectivity index (χ0v) is 17.8. The molecule has 0 spiro atoms. The van der Waals surface area contributed by atoms with Crippen molar-refractivity contribution in [1.29, 1.82) is 0 Å². The van der Waals surface area contributed by atoms with Crippen molar-refractivity contribution >= 4 is 5.97 Å². The van der Waals surface area contributed by atoms with E-state index in [1.54, 1.807) is 0 Å². The zero-order valence-electron chi connectivity index (χ0n) is 16.2. The monoisotopic (exact) mass is 409 g/mol. The van der Waals surface area contributed by atoms with Gasteiger partial charge in [-0.2, -0.15) is 0 Å². The maximum atomic E-state index is 12.1. The molecule has 0 saturated heterocycles. The molecular weight excluding hydrogens is 378 g/mol. The number of likely N-dealkylation sites (N-methyl/N-ethyl adjacent to an activating group) is 1. The topological polar surface area (TPSA) is 26.3 Å². The molecule has 4 heteroatoms. The second-order valence-electron chi connectivity index (χ2n) is 7.29. The van der Waals surface area contributed by atoms with E-state index in [4.69, 9.17) is 4.74 Å². The molecule has 0 heterocycles. The highest BCUT2D eigenvalue weighted by molar-refractivity contribution is 5.70. The summed E-state index contributed by atoms with van der Waals surface area (Å²) in [4.78, 5) is 12.1. The lowest BCUT2D eigenvalue weighted by molar-refractivity contribution is -0.896. The lowest BCUT2D eigenvalue weighted by Gasteiger charge is -2.28. The number of nitrogens with zero attached hydrogens (tertiary/aromatic N) is 1. The van der Waals surface area contributed by atoms with E-state index >= 15 is 0 Å². The van der Waals surface area contributed by atoms with E-state index < -0.39 is 0 Å². The summed E-state index contributed by atoms with van der Waals surface area (Å²) in [6.45, 7) is 7.85. The molecule has 0 unspecified atom stereocenters. The number of ether oxygens (including phenoxy) is 1. The number of carbonyl (C=O) groups is 1. The molecule has 0 aliphatic carbocycles. The van der Waals surface area contributed by atoms with Crippen LogP contribution in [0.2, 0.25) is 0 Å². The van der Waals surface area contributed by atoms with Gasteiger partial charge >= 0.3 is 5.97 Å². The molecule has 1 aromatic rings. The predicted octanol–water partition coefficient (Wildman–Crippen LogP) is 1.50. The molecule has 0 aliphatic heterocycles. The fraction of sp³-hybridized carbons (Fsp3) is 0.476. The van der Waals surface area contributed by atoms with E-state index in [2.05, 4.69) is 53.1 Å². The first-order valence-electron chi connectivity index (χ1n) is 8.59. The second kappa shape index (κ2) is 12.0. The Balaban J connectivity index is 0.00000576. The Hall–Kier alpha value is -1.39. The van der Waals surface area contributed by atoms with Crippen LogP contribution in [0.3, 0.4) is 0 Å². The van der Waals surface area contributed by atoms with Gasteiger partial charge in [0.1, 0.15) is 13.2 Å². The van der Waals surface area contributed by atoms with Gasteiger partial charge in [0.25, 0.3) is 0 Å². The minimum atomic E-state index is -0.149. The normalized spacial score (nSPS) is 11.5. The van der Waals surface area contributed by atoms with Crippen molar-refractivity contribution < 1.29 is 31.0 Å². The highest BCUT2D eigenvalue weighted by Crippen LogP contribution is 2.10. The van der Waals surface area contributed by atoms with Crippen molar-refractivity contribution in [3.8, 4) is 0 Å². The molecule has 25 heavy (non-hydrogen) atoms. The number of quaternary nitrogens is 1. The van der Waals surface area contributed by atoms with Crippen LogP contribution in [-0.2, 0) is 16.1 Å². The van der Waals surface area contributed by atoms with Crippen LogP contribution in [0, 0.1) is 0 Å². The number of hydrogen-bond acceptors (Lipinski definition) is 2. The molecule has 1 rings (SSSR count). The van der Waals surface area contributed by atoms with Crippen LogP contribution in [0.15, 0.2) is 53.6 Å². The highest BCUT2D eigenvalue weighted by atomic mass is 79.9. The molecule has 1 aromatic carbocycles. The van der Waals surface area contributed by atoms with Crippen molar-refractivity contribution in [3.63, 3.8) is 0 Å². The van der Waals surface area contributed by atoms with E-state index in [1.807, 2.05) is 24.3 Å². The molecular formula is C21H32BrNO2. The van der Waals surface area contributed by atoms with Gasteiger partial charge in [-0.15, -0.1) is 0 Å². The van der Waals surface area contributed by atoms with Crippen LogP contribution in [0.5, 0.6) is 0 Å². The Bertz CT molecular complexity index is 573. The molecule has 0 amide bonds. The first-order chi connectivity index (χ1) is 11.3. The lowest BCUT2D eigenvalue weighted by atomic mass is 10.1. The minimum Gasteiger partial charge on any atom is -1.00 e. The smallest absolute Gasteiger partial charge is 0.362 e. The van der Waals surface area contributed by atoms with Gasteiger partial charge in [-0.25, -0.2) is 4.79 Å². The summed E-state index contributed by atoms with van der Waals surface area (Å²) in [6, 6.07) is 10.2. The van der Waals surface area contributed by atoms with Crippen molar-refractivity contribution in [1.82, 2.24) is 0 Å². The second-order valence-corrected chi connectivity index (χ2v) is 7.29. The summed E-state index contributed by atoms with van der Waals surface area (Å²) in [5.74, 6) is -0.149. The van der Waals surface area contributed by atoms with Gasteiger partial charge in [-0.05, 0) is 39.7 Å². The predicted molar refractivity (Wildman–Crippen MR) is 101 cm³/mol. The van der Waals surface area contributed by atoms with E-state index in [0.29, 0.717) is 17.6 Å². The van der Waals surface area contributed by atoms with Crippen LogP contribution in [0.4, 0.5) is 0 Å². The lowest BCUT2D eigenvalue weighted by Crippen LogP contribution is -3.00. The summed E-state index contributed by atoms with van der Waals surface area (Å²) in [7, 11) is 4.10. The SMILES string of the molecule is CC(C)=CCCC(C)=CCOC(=O)C[N+](C)(C)Cc1ccccc1.[Br-]. The van der Waals surface area contributed by atoms with E-state index in [9.17, 15) is 4.79 Å². The molecule has 0 bridgehead atoms. The average molecular weight is 410 g/mol. The summed E-state index contributed by atoms with van der Waals surface area (Å²) < 4.78 is 5.96. The Kier molecular flexibility index (Phi) is 11.4. The fourth-order valence-electron chi connectivity index (χ4n) is 2.50. The molecule has 0 saturated carbocycles. The van der Waals surface area contributed by atoms with Gasteiger partial charge < -0.3 is 26.2 Å².